The van der Waals surface area contributed by atoms with Gasteiger partial charge in [0.05, 0.1) is 13.2 Å². The predicted octanol–water partition coefficient (Wildman–Crippen LogP) is 5.18. The van der Waals surface area contributed by atoms with E-state index in [9.17, 15) is 13.6 Å². The average Bonchev–Trinajstić information content (AvgIpc) is 3.12. The van der Waals surface area contributed by atoms with Gasteiger partial charge in [0, 0.05) is 5.56 Å². The molecule has 0 amide bonds. The third-order valence-electron chi connectivity index (χ3n) is 2.97. The number of benzene rings is 1. The smallest absolute Gasteiger partial charge is 0.387 e. The van der Waals surface area contributed by atoms with Crippen LogP contribution < -0.4 is 9.47 Å². The quantitative estimate of drug-likeness (QED) is 0.583. The van der Waals surface area contributed by atoms with Crippen molar-refractivity contribution in [2.75, 3.05) is 13.2 Å². The summed E-state index contributed by atoms with van der Waals surface area (Å²) < 4.78 is 45.2. The number of halogens is 2. The second kappa shape index (κ2) is 11.2. The van der Waals surface area contributed by atoms with E-state index in [2.05, 4.69) is 9.72 Å². The molecular weight excluding hydrogens is 360 g/mol. The fourth-order valence-electron chi connectivity index (χ4n) is 1.91. The average molecular weight is 385 g/mol. The van der Waals surface area contributed by atoms with E-state index in [1.807, 2.05) is 27.7 Å². The number of oxazole rings is 1. The second-order valence-corrected chi connectivity index (χ2v) is 5.50. The number of carbonyl (C=O) groups is 1. The monoisotopic (exact) mass is 385 g/mol. The minimum Gasteiger partial charge on any atom is -0.489 e. The van der Waals surface area contributed by atoms with Gasteiger partial charge < -0.3 is 18.6 Å². The van der Waals surface area contributed by atoms with Crippen molar-refractivity contribution in [2.45, 2.75) is 41.2 Å². The maximum absolute atomic E-state index is 12.5. The molecule has 1 heterocycles. The fraction of sp³-hybridized carbons (Fsp3) is 0.474. The van der Waals surface area contributed by atoms with E-state index in [0.717, 1.165) is 0 Å². The van der Waals surface area contributed by atoms with Gasteiger partial charge in [-0.25, -0.2) is 9.78 Å². The van der Waals surface area contributed by atoms with Gasteiger partial charge in [-0.2, -0.15) is 8.78 Å². The lowest BCUT2D eigenvalue weighted by Crippen LogP contribution is -2.08. The van der Waals surface area contributed by atoms with Crippen LogP contribution in [0.2, 0.25) is 0 Å². The number of rotatable bonds is 8. The van der Waals surface area contributed by atoms with Crippen LogP contribution in [0.25, 0.3) is 11.5 Å². The summed E-state index contributed by atoms with van der Waals surface area (Å²) in [5.74, 6) is -0.216. The lowest BCUT2D eigenvalue weighted by atomic mass is 10.2. The number of hydrogen-bond donors (Lipinski definition) is 0. The number of hydrogen-bond acceptors (Lipinski definition) is 6. The molecule has 0 unspecified atom stereocenters. The zero-order chi connectivity index (χ0) is 20.4. The Labute approximate surface area is 157 Å². The van der Waals surface area contributed by atoms with Gasteiger partial charge in [-0.15, -0.1) is 0 Å². The van der Waals surface area contributed by atoms with Crippen LogP contribution in [-0.2, 0) is 4.74 Å². The molecule has 1 aromatic carbocycles. The highest BCUT2D eigenvalue weighted by Crippen LogP contribution is 2.34. The molecule has 2 aromatic rings. The predicted molar refractivity (Wildman–Crippen MR) is 96.2 cm³/mol. The summed E-state index contributed by atoms with van der Waals surface area (Å²) >= 11 is 0. The summed E-state index contributed by atoms with van der Waals surface area (Å²) in [6.45, 7) is 7.11. The highest BCUT2D eigenvalue weighted by Gasteiger charge is 2.17. The van der Waals surface area contributed by atoms with Crippen LogP contribution in [0, 0.1) is 5.92 Å². The van der Waals surface area contributed by atoms with Gasteiger partial charge >= 0.3 is 12.6 Å². The van der Waals surface area contributed by atoms with Crippen LogP contribution in [0.3, 0.4) is 0 Å². The normalized spacial score (nSPS) is 10.4. The Bertz CT molecular complexity index is 716. The minimum absolute atomic E-state index is 0.0226. The van der Waals surface area contributed by atoms with Crippen molar-refractivity contribution in [3.8, 4) is 23.0 Å². The third-order valence-corrected chi connectivity index (χ3v) is 2.97. The molecule has 0 aliphatic carbocycles. The first-order valence-corrected chi connectivity index (χ1v) is 8.75. The molecule has 0 aliphatic rings. The fourth-order valence-corrected chi connectivity index (χ4v) is 1.91. The maximum atomic E-state index is 12.5. The van der Waals surface area contributed by atoms with E-state index in [1.165, 1.54) is 24.5 Å². The molecule has 0 atom stereocenters. The summed E-state index contributed by atoms with van der Waals surface area (Å²) in [5.41, 5.74) is 0.477. The van der Waals surface area contributed by atoms with E-state index in [1.54, 1.807) is 6.92 Å². The van der Waals surface area contributed by atoms with E-state index in [-0.39, 0.29) is 35.6 Å². The molecule has 0 aliphatic heterocycles. The molecule has 2 rings (SSSR count). The van der Waals surface area contributed by atoms with Gasteiger partial charge in [0.25, 0.3) is 0 Å². The highest BCUT2D eigenvalue weighted by atomic mass is 19.3. The summed E-state index contributed by atoms with van der Waals surface area (Å²) in [5, 5.41) is 0. The molecule has 0 N–H and O–H groups in total. The lowest BCUT2D eigenvalue weighted by molar-refractivity contribution is -0.0515. The van der Waals surface area contributed by atoms with E-state index < -0.39 is 12.6 Å². The Morgan fingerprint density at radius 2 is 1.93 bits per heavy atom. The molecule has 6 nitrogen and oxygen atoms in total. The van der Waals surface area contributed by atoms with Crippen LogP contribution in [0.1, 0.15) is 45.1 Å². The van der Waals surface area contributed by atoms with Gasteiger partial charge in [-0.3, -0.25) is 0 Å². The summed E-state index contributed by atoms with van der Waals surface area (Å²) in [7, 11) is 0. The number of aromatic nitrogens is 1. The molecule has 150 valence electrons. The molecule has 0 fully saturated rings. The Hall–Kier alpha value is -2.64. The molecule has 8 heteroatoms. The number of ether oxygens (including phenoxy) is 3. The first-order chi connectivity index (χ1) is 12.9. The molecule has 1 aromatic heterocycles. The first kappa shape index (κ1) is 22.4. The molecular formula is C19H25F2NO5. The Kier molecular flexibility index (Phi) is 9.25. The molecule has 0 spiro atoms. The zero-order valence-corrected chi connectivity index (χ0v) is 16.1. The number of esters is 1. The number of carbonyl (C=O) groups excluding carboxylic acids is 1. The Morgan fingerprint density at radius 1 is 1.22 bits per heavy atom. The van der Waals surface area contributed by atoms with Gasteiger partial charge in [-0.1, -0.05) is 27.7 Å². The topological polar surface area (TPSA) is 70.8 Å². The van der Waals surface area contributed by atoms with Gasteiger partial charge in [-0.05, 0) is 31.0 Å². The van der Waals surface area contributed by atoms with Crippen molar-refractivity contribution in [3.63, 3.8) is 0 Å². The van der Waals surface area contributed by atoms with Crippen LogP contribution in [0.15, 0.2) is 28.9 Å². The Morgan fingerprint density at radius 3 is 2.52 bits per heavy atom. The minimum atomic E-state index is -2.97. The van der Waals surface area contributed by atoms with Crippen molar-refractivity contribution in [1.82, 2.24) is 4.98 Å². The third kappa shape index (κ3) is 6.88. The standard InChI is InChI=1S/C17H19F2NO5.C2H6/c1-4-22-16(21)12-9-24-15(20-12)11-5-6-13(25-17(18)19)14(7-11)23-8-10(2)3;1-2/h5-7,9-10,17H,4,8H2,1-3H3;1-2H3. The van der Waals surface area contributed by atoms with E-state index in [0.29, 0.717) is 12.2 Å². The first-order valence-electron chi connectivity index (χ1n) is 8.75. The van der Waals surface area contributed by atoms with E-state index >= 15 is 0 Å². The highest BCUT2D eigenvalue weighted by molar-refractivity contribution is 5.87. The van der Waals surface area contributed by atoms with Crippen LogP contribution in [-0.4, -0.2) is 30.8 Å². The van der Waals surface area contributed by atoms with Crippen molar-refractivity contribution in [1.29, 1.82) is 0 Å². The van der Waals surface area contributed by atoms with Crippen LogP contribution >= 0.6 is 0 Å². The van der Waals surface area contributed by atoms with Crippen molar-refractivity contribution < 1.29 is 32.2 Å². The van der Waals surface area contributed by atoms with Crippen molar-refractivity contribution >= 4 is 5.97 Å². The van der Waals surface area contributed by atoms with Gasteiger partial charge in [0.15, 0.2) is 17.2 Å². The lowest BCUT2D eigenvalue weighted by Gasteiger charge is -2.14. The van der Waals surface area contributed by atoms with E-state index in [4.69, 9.17) is 13.9 Å². The van der Waals surface area contributed by atoms with Crippen LogP contribution in [0.5, 0.6) is 11.5 Å². The van der Waals surface area contributed by atoms with Gasteiger partial charge in [0.2, 0.25) is 5.89 Å². The molecule has 0 bridgehead atoms. The molecule has 27 heavy (non-hydrogen) atoms. The zero-order valence-electron chi connectivity index (χ0n) is 16.1. The molecule has 0 saturated heterocycles. The SMILES string of the molecule is CC.CCOC(=O)c1coc(-c2ccc(OC(F)F)c(OCC(C)C)c2)n1. The maximum Gasteiger partial charge on any atom is 0.387 e. The molecule has 0 saturated carbocycles. The second-order valence-electron chi connectivity index (χ2n) is 5.50. The summed E-state index contributed by atoms with van der Waals surface area (Å²) in [6.07, 6.45) is 1.17. The summed E-state index contributed by atoms with van der Waals surface area (Å²) in [6, 6.07) is 4.30. The summed E-state index contributed by atoms with van der Waals surface area (Å²) in [4.78, 5) is 15.7. The molecule has 0 radical (unpaired) electrons. The Balaban J connectivity index is 0.00000176. The van der Waals surface area contributed by atoms with Crippen molar-refractivity contribution in [2.24, 2.45) is 5.92 Å². The number of alkyl halides is 2. The number of nitrogens with zero attached hydrogens (tertiary/aromatic N) is 1. The van der Waals surface area contributed by atoms with Gasteiger partial charge in [0.1, 0.15) is 6.26 Å². The largest absolute Gasteiger partial charge is 0.489 e. The van der Waals surface area contributed by atoms with Crippen LogP contribution in [0.4, 0.5) is 8.78 Å². The van der Waals surface area contributed by atoms with Crippen molar-refractivity contribution in [3.05, 3.63) is 30.2 Å².